The standard InChI is InChI=1S/C26H29N3O7S2/c1-3-19(2)28-37(31,32)22-10-12-23(13-11-22)38(33,34)29(17-26(30)27-21-7-5-4-6-8-21)16-20-9-14-24-25(15-20)36-18-35-24/h4-15,19,28H,3,16-18H2,1-2H3,(H,27,30)/t19-/m0/s1. The molecule has 0 radical (unpaired) electrons. The molecule has 2 N–H and O–H groups in total. The molecular weight excluding hydrogens is 530 g/mol. The van der Waals surface area contributed by atoms with E-state index in [-0.39, 0.29) is 29.2 Å². The van der Waals surface area contributed by atoms with E-state index in [2.05, 4.69) is 10.0 Å². The minimum absolute atomic E-state index is 0.0547. The molecule has 1 heterocycles. The van der Waals surface area contributed by atoms with Gasteiger partial charge in [0.1, 0.15) is 0 Å². The minimum Gasteiger partial charge on any atom is -0.454 e. The van der Waals surface area contributed by atoms with Crippen LogP contribution in [0, 0.1) is 0 Å². The van der Waals surface area contributed by atoms with Gasteiger partial charge >= 0.3 is 0 Å². The van der Waals surface area contributed by atoms with E-state index in [9.17, 15) is 21.6 Å². The highest BCUT2D eigenvalue weighted by atomic mass is 32.2. The summed E-state index contributed by atoms with van der Waals surface area (Å²) in [7, 11) is -8.02. The van der Waals surface area contributed by atoms with Gasteiger partial charge in [-0.2, -0.15) is 4.31 Å². The molecule has 1 aliphatic heterocycles. The van der Waals surface area contributed by atoms with E-state index >= 15 is 0 Å². The first kappa shape index (κ1) is 27.6. The molecule has 12 heteroatoms. The number of hydrogen-bond donors (Lipinski definition) is 2. The Kier molecular flexibility index (Phi) is 8.36. The summed E-state index contributed by atoms with van der Waals surface area (Å²) in [5.41, 5.74) is 1.11. The Morgan fingerprint density at radius 3 is 2.26 bits per heavy atom. The number of benzene rings is 3. The van der Waals surface area contributed by atoms with Crippen LogP contribution in [-0.4, -0.2) is 46.4 Å². The predicted molar refractivity (Wildman–Crippen MR) is 142 cm³/mol. The highest BCUT2D eigenvalue weighted by Gasteiger charge is 2.28. The van der Waals surface area contributed by atoms with Crippen LogP contribution in [0.25, 0.3) is 0 Å². The highest BCUT2D eigenvalue weighted by Crippen LogP contribution is 2.33. The van der Waals surface area contributed by atoms with E-state index in [1.807, 2.05) is 6.92 Å². The first-order valence-corrected chi connectivity index (χ1v) is 14.9. The molecule has 38 heavy (non-hydrogen) atoms. The van der Waals surface area contributed by atoms with Gasteiger partial charge in [-0.1, -0.05) is 31.2 Å². The second-order valence-electron chi connectivity index (χ2n) is 8.78. The van der Waals surface area contributed by atoms with E-state index in [0.717, 1.165) is 4.31 Å². The second kappa shape index (κ2) is 11.5. The van der Waals surface area contributed by atoms with Gasteiger partial charge < -0.3 is 14.8 Å². The van der Waals surface area contributed by atoms with Crippen molar-refractivity contribution in [3.8, 4) is 11.5 Å². The van der Waals surface area contributed by atoms with Gasteiger partial charge in [0.15, 0.2) is 11.5 Å². The lowest BCUT2D eigenvalue weighted by atomic mass is 10.2. The van der Waals surface area contributed by atoms with E-state index in [4.69, 9.17) is 9.47 Å². The Balaban J connectivity index is 1.61. The Morgan fingerprint density at radius 1 is 0.921 bits per heavy atom. The molecule has 1 amide bonds. The zero-order valence-electron chi connectivity index (χ0n) is 21.0. The third-order valence-electron chi connectivity index (χ3n) is 5.91. The number of rotatable bonds is 11. The average Bonchev–Trinajstić information content (AvgIpc) is 3.36. The number of para-hydroxylation sites is 1. The molecule has 3 aromatic rings. The molecule has 1 atom stereocenters. The van der Waals surface area contributed by atoms with Crippen LogP contribution in [0.1, 0.15) is 25.8 Å². The summed E-state index contributed by atoms with van der Waals surface area (Å²) in [4.78, 5) is 12.6. The number of nitrogens with zero attached hydrogens (tertiary/aromatic N) is 1. The van der Waals surface area contributed by atoms with Crippen molar-refractivity contribution in [1.29, 1.82) is 0 Å². The summed E-state index contributed by atoms with van der Waals surface area (Å²) in [6.45, 7) is 3.07. The summed E-state index contributed by atoms with van der Waals surface area (Å²) in [5, 5.41) is 2.70. The van der Waals surface area contributed by atoms with Crippen LogP contribution in [0.3, 0.4) is 0 Å². The molecule has 4 rings (SSSR count). The third-order valence-corrected chi connectivity index (χ3v) is 9.33. The van der Waals surface area contributed by atoms with E-state index in [1.165, 1.54) is 24.3 Å². The topological polar surface area (TPSA) is 131 Å². The Morgan fingerprint density at radius 2 is 1.58 bits per heavy atom. The first-order chi connectivity index (χ1) is 18.1. The van der Waals surface area contributed by atoms with E-state index in [1.54, 1.807) is 55.5 Å². The van der Waals surface area contributed by atoms with Crippen LogP contribution in [0.2, 0.25) is 0 Å². The second-order valence-corrected chi connectivity index (χ2v) is 12.4. The van der Waals surface area contributed by atoms with Crippen molar-refractivity contribution in [3.05, 3.63) is 78.4 Å². The SMILES string of the molecule is CC[C@H](C)NS(=O)(=O)c1ccc(S(=O)(=O)N(CC(=O)Nc2ccccc2)Cc2ccc3c(c2)OCO3)cc1. The van der Waals surface area contributed by atoms with Crippen LogP contribution in [-0.2, 0) is 31.4 Å². The van der Waals surface area contributed by atoms with Gasteiger partial charge in [0.2, 0.25) is 32.7 Å². The molecule has 0 bridgehead atoms. The van der Waals surface area contributed by atoms with Gasteiger partial charge in [-0.15, -0.1) is 0 Å². The lowest BCUT2D eigenvalue weighted by molar-refractivity contribution is -0.116. The average molecular weight is 560 g/mol. The zero-order chi connectivity index (χ0) is 27.3. The number of anilines is 1. The summed E-state index contributed by atoms with van der Waals surface area (Å²) in [6.07, 6.45) is 0.603. The van der Waals surface area contributed by atoms with Gasteiger partial charge in [0.05, 0.1) is 16.3 Å². The Labute approximate surface area is 222 Å². The molecule has 0 saturated heterocycles. The summed E-state index contributed by atoms with van der Waals surface area (Å²) < 4.78 is 66.8. The maximum absolute atomic E-state index is 13.7. The maximum atomic E-state index is 13.7. The fourth-order valence-electron chi connectivity index (χ4n) is 3.71. The van der Waals surface area contributed by atoms with Gasteiger partial charge in [-0.25, -0.2) is 21.6 Å². The summed E-state index contributed by atoms with van der Waals surface area (Å²) >= 11 is 0. The van der Waals surface area contributed by atoms with Crippen LogP contribution >= 0.6 is 0 Å². The summed E-state index contributed by atoms with van der Waals surface area (Å²) in [6, 6.07) is 18.4. The smallest absolute Gasteiger partial charge is 0.243 e. The van der Waals surface area contributed by atoms with Gasteiger partial charge in [-0.3, -0.25) is 4.79 Å². The van der Waals surface area contributed by atoms with E-state index < -0.39 is 32.5 Å². The Hall–Kier alpha value is -3.45. The van der Waals surface area contributed by atoms with Crippen LogP contribution in [0.15, 0.2) is 82.6 Å². The number of carbonyl (C=O) groups is 1. The lowest BCUT2D eigenvalue weighted by Crippen LogP contribution is -2.37. The molecule has 0 aliphatic carbocycles. The largest absolute Gasteiger partial charge is 0.454 e. The molecule has 0 spiro atoms. The molecule has 0 fully saturated rings. The van der Waals surface area contributed by atoms with Gasteiger partial charge in [-0.05, 0) is 67.4 Å². The highest BCUT2D eigenvalue weighted by molar-refractivity contribution is 7.89. The van der Waals surface area contributed by atoms with Crippen molar-refractivity contribution < 1.29 is 31.1 Å². The molecule has 3 aromatic carbocycles. The van der Waals surface area contributed by atoms with Crippen LogP contribution in [0.5, 0.6) is 11.5 Å². The fraction of sp³-hybridized carbons (Fsp3) is 0.269. The molecule has 0 aromatic heterocycles. The third kappa shape index (κ3) is 6.51. The van der Waals surface area contributed by atoms with Crippen LogP contribution < -0.4 is 19.5 Å². The first-order valence-electron chi connectivity index (χ1n) is 11.9. The predicted octanol–water partition coefficient (Wildman–Crippen LogP) is 3.32. The number of nitrogens with one attached hydrogen (secondary N) is 2. The Bertz CT molecular complexity index is 1490. The molecule has 202 valence electrons. The fourth-order valence-corrected chi connectivity index (χ4v) is 6.42. The maximum Gasteiger partial charge on any atom is 0.243 e. The summed E-state index contributed by atoms with van der Waals surface area (Å²) in [5.74, 6) is 0.502. The minimum atomic E-state index is -4.21. The number of carbonyl (C=O) groups excluding carboxylic acids is 1. The molecule has 0 unspecified atom stereocenters. The normalized spacial score (nSPS) is 13.9. The molecular formula is C26H29N3O7S2. The van der Waals surface area contributed by atoms with Crippen molar-refractivity contribution >= 4 is 31.6 Å². The number of ether oxygens (including phenoxy) is 2. The van der Waals surface area contributed by atoms with Crippen molar-refractivity contribution in [2.24, 2.45) is 0 Å². The van der Waals surface area contributed by atoms with Crippen molar-refractivity contribution in [2.75, 3.05) is 18.7 Å². The lowest BCUT2D eigenvalue weighted by Gasteiger charge is -2.22. The quantitative estimate of drug-likeness (QED) is 0.368. The molecule has 0 saturated carbocycles. The van der Waals surface area contributed by atoms with Crippen molar-refractivity contribution in [2.45, 2.75) is 42.6 Å². The number of fused-ring (bicyclic) bond motifs is 1. The van der Waals surface area contributed by atoms with Gasteiger partial charge in [0, 0.05) is 18.3 Å². The van der Waals surface area contributed by atoms with Gasteiger partial charge in [0.25, 0.3) is 0 Å². The zero-order valence-corrected chi connectivity index (χ0v) is 22.6. The monoisotopic (exact) mass is 559 g/mol. The van der Waals surface area contributed by atoms with Crippen molar-refractivity contribution in [1.82, 2.24) is 9.03 Å². The number of sulfonamides is 2. The number of hydrogen-bond acceptors (Lipinski definition) is 7. The van der Waals surface area contributed by atoms with Crippen molar-refractivity contribution in [3.63, 3.8) is 0 Å². The number of amides is 1. The van der Waals surface area contributed by atoms with E-state index in [0.29, 0.717) is 29.2 Å². The molecule has 1 aliphatic rings. The van der Waals surface area contributed by atoms with Crippen LogP contribution in [0.4, 0.5) is 5.69 Å². The molecule has 10 nitrogen and oxygen atoms in total.